The molecule has 2 aromatic carbocycles. The third-order valence-corrected chi connectivity index (χ3v) is 4.81. The highest BCUT2D eigenvalue weighted by atomic mass is 35.5. The second-order valence-corrected chi connectivity index (χ2v) is 6.64. The SMILES string of the molecule is CC(=O)N1CN(C(=O)c2cccc(C)c2)C1c1ccc(Cl)c(Cl)c1. The number of nitrogens with zero attached hydrogens (tertiary/aromatic N) is 2. The van der Waals surface area contributed by atoms with Gasteiger partial charge in [0.1, 0.15) is 12.8 Å². The normalized spacial score (nSPS) is 16.8. The Morgan fingerprint density at radius 2 is 1.79 bits per heavy atom. The van der Waals surface area contributed by atoms with Gasteiger partial charge in [-0.1, -0.05) is 47.0 Å². The molecule has 1 aliphatic rings. The van der Waals surface area contributed by atoms with Crippen molar-refractivity contribution in [2.75, 3.05) is 6.67 Å². The van der Waals surface area contributed by atoms with Gasteiger partial charge in [-0.25, -0.2) is 0 Å². The van der Waals surface area contributed by atoms with E-state index in [1.165, 1.54) is 6.92 Å². The molecule has 0 radical (unpaired) electrons. The molecule has 0 saturated carbocycles. The predicted octanol–water partition coefficient (Wildman–Crippen LogP) is 4.26. The van der Waals surface area contributed by atoms with E-state index < -0.39 is 6.17 Å². The fourth-order valence-corrected chi connectivity index (χ4v) is 3.12. The highest BCUT2D eigenvalue weighted by Crippen LogP contribution is 2.37. The van der Waals surface area contributed by atoms with E-state index in [4.69, 9.17) is 23.2 Å². The molecule has 24 heavy (non-hydrogen) atoms. The molecule has 1 atom stereocenters. The minimum atomic E-state index is -0.467. The van der Waals surface area contributed by atoms with Crippen molar-refractivity contribution in [1.82, 2.24) is 9.80 Å². The summed E-state index contributed by atoms with van der Waals surface area (Å²) < 4.78 is 0. The molecule has 0 aliphatic carbocycles. The van der Waals surface area contributed by atoms with E-state index >= 15 is 0 Å². The number of hydrogen-bond donors (Lipinski definition) is 0. The van der Waals surface area contributed by atoms with Gasteiger partial charge in [-0.2, -0.15) is 0 Å². The van der Waals surface area contributed by atoms with Gasteiger partial charge in [0, 0.05) is 12.5 Å². The van der Waals surface area contributed by atoms with Crippen molar-refractivity contribution in [3.05, 3.63) is 69.2 Å². The number of rotatable bonds is 2. The molecule has 0 bridgehead atoms. The molecule has 3 rings (SSSR count). The minimum Gasteiger partial charge on any atom is -0.300 e. The fourth-order valence-electron chi connectivity index (χ4n) is 2.81. The maximum Gasteiger partial charge on any atom is 0.257 e. The molecular formula is C18H16Cl2N2O2. The summed E-state index contributed by atoms with van der Waals surface area (Å²) in [5, 5.41) is 0.832. The first kappa shape index (κ1) is 16.8. The van der Waals surface area contributed by atoms with E-state index in [0.29, 0.717) is 15.6 Å². The van der Waals surface area contributed by atoms with Crippen molar-refractivity contribution < 1.29 is 9.59 Å². The van der Waals surface area contributed by atoms with Crippen LogP contribution in [-0.4, -0.2) is 28.3 Å². The minimum absolute atomic E-state index is 0.0978. The van der Waals surface area contributed by atoms with Gasteiger partial charge in [-0.05, 0) is 36.8 Å². The zero-order chi connectivity index (χ0) is 17.4. The Kier molecular flexibility index (Phi) is 4.52. The first-order valence-electron chi connectivity index (χ1n) is 7.48. The van der Waals surface area contributed by atoms with Gasteiger partial charge in [0.05, 0.1) is 10.0 Å². The van der Waals surface area contributed by atoms with Crippen LogP contribution in [-0.2, 0) is 4.79 Å². The average molecular weight is 363 g/mol. The quantitative estimate of drug-likeness (QED) is 0.800. The van der Waals surface area contributed by atoms with E-state index in [-0.39, 0.29) is 18.5 Å². The van der Waals surface area contributed by atoms with Crippen molar-refractivity contribution in [1.29, 1.82) is 0 Å². The first-order chi connectivity index (χ1) is 11.4. The zero-order valence-corrected chi connectivity index (χ0v) is 14.8. The lowest BCUT2D eigenvalue weighted by atomic mass is 10.0. The second kappa shape index (κ2) is 6.46. The summed E-state index contributed by atoms with van der Waals surface area (Å²) in [7, 11) is 0. The highest BCUT2D eigenvalue weighted by molar-refractivity contribution is 6.42. The lowest BCUT2D eigenvalue weighted by Crippen LogP contribution is -2.61. The molecule has 0 aromatic heterocycles. The molecule has 0 N–H and O–H groups in total. The van der Waals surface area contributed by atoms with Gasteiger partial charge in [0.25, 0.3) is 5.91 Å². The van der Waals surface area contributed by atoms with Crippen LogP contribution >= 0.6 is 23.2 Å². The Hall–Kier alpha value is -2.04. The van der Waals surface area contributed by atoms with E-state index in [9.17, 15) is 9.59 Å². The van der Waals surface area contributed by atoms with Gasteiger partial charge in [-0.15, -0.1) is 0 Å². The van der Waals surface area contributed by atoms with Gasteiger partial charge in [0.2, 0.25) is 5.91 Å². The van der Waals surface area contributed by atoms with Crippen LogP contribution < -0.4 is 0 Å². The third kappa shape index (κ3) is 2.99. The van der Waals surface area contributed by atoms with Crippen molar-refractivity contribution in [3.63, 3.8) is 0 Å². The molecule has 2 amide bonds. The fraction of sp³-hybridized carbons (Fsp3) is 0.222. The lowest BCUT2D eigenvalue weighted by molar-refractivity contribution is -0.154. The van der Waals surface area contributed by atoms with Crippen molar-refractivity contribution in [3.8, 4) is 0 Å². The number of aryl methyl sites for hydroxylation is 1. The monoisotopic (exact) mass is 362 g/mol. The summed E-state index contributed by atoms with van der Waals surface area (Å²) in [6, 6.07) is 12.5. The summed E-state index contributed by atoms with van der Waals surface area (Å²) in [6.45, 7) is 3.68. The number of carbonyl (C=O) groups is 2. The summed E-state index contributed by atoms with van der Waals surface area (Å²) in [5.41, 5.74) is 2.37. The summed E-state index contributed by atoms with van der Waals surface area (Å²) in [4.78, 5) is 27.9. The Morgan fingerprint density at radius 1 is 1.04 bits per heavy atom. The van der Waals surface area contributed by atoms with Crippen LogP contribution in [0.4, 0.5) is 0 Å². The molecule has 1 saturated heterocycles. The van der Waals surface area contributed by atoms with Crippen LogP contribution in [0.2, 0.25) is 10.0 Å². The summed E-state index contributed by atoms with van der Waals surface area (Å²) >= 11 is 12.1. The number of hydrogen-bond acceptors (Lipinski definition) is 2. The first-order valence-corrected chi connectivity index (χ1v) is 8.24. The Balaban J connectivity index is 1.94. The topological polar surface area (TPSA) is 40.6 Å². The van der Waals surface area contributed by atoms with Crippen molar-refractivity contribution in [2.24, 2.45) is 0 Å². The number of benzene rings is 2. The molecule has 1 aliphatic heterocycles. The van der Waals surface area contributed by atoms with Crippen LogP contribution in [0.5, 0.6) is 0 Å². The van der Waals surface area contributed by atoms with Crippen LogP contribution in [0.1, 0.15) is 34.6 Å². The van der Waals surface area contributed by atoms with E-state index in [1.807, 2.05) is 25.1 Å². The van der Waals surface area contributed by atoms with Gasteiger partial charge < -0.3 is 4.90 Å². The summed E-state index contributed by atoms with van der Waals surface area (Å²) in [6.07, 6.45) is -0.467. The van der Waals surface area contributed by atoms with E-state index in [2.05, 4.69) is 0 Å². The number of carbonyl (C=O) groups excluding carboxylic acids is 2. The molecule has 6 heteroatoms. The van der Waals surface area contributed by atoms with Crippen molar-refractivity contribution in [2.45, 2.75) is 20.0 Å². The zero-order valence-electron chi connectivity index (χ0n) is 13.3. The Labute approximate surface area is 150 Å². The van der Waals surface area contributed by atoms with Crippen LogP contribution in [0.3, 0.4) is 0 Å². The maximum absolute atomic E-state index is 12.8. The predicted molar refractivity (Wildman–Crippen MR) is 93.9 cm³/mol. The lowest BCUT2D eigenvalue weighted by Gasteiger charge is -2.50. The molecule has 0 spiro atoms. The van der Waals surface area contributed by atoms with Crippen LogP contribution in [0.25, 0.3) is 0 Å². The van der Waals surface area contributed by atoms with E-state index in [0.717, 1.165) is 11.1 Å². The number of halogens is 2. The smallest absolute Gasteiger partial charge is 0.257 e. The average Bonchev–Trinajstić information content (AvgIpc) is 2.49. The molecule has 4 nitrogen and oxygen atoms in total. The van der Waals surface area contributed by atoms with Crippen LogP contribution in [0, 0.1) is 6.92 Å². The molecule has 1 fully saturated rings. The van der Waals surface area contributed by atoms with Crippen molar-refractivity contribution >= 4 is 35.0 Å². The Bertz CT molecular complexity index is 822. The third-order valence-electron chi connectivity index (χ3n) is 4.07. The molecule has 2 aromatic rings. The van der Waals surface area contributed by atoms with E-state index in [1.54, 1.807) is 34.1 Å². The molecule has 1 unspecified atom stereocenters. The highest BCUT2D eigenvalue weighted by Gasteiger charge is 2.42. The maximum atomic E-state index is 12.8. The molecule has 1 heterocycles. The second-order valence-electron chi connectivity index (χ2n) is 5.82. The molecular weight excluding hydrogens is 347 g/mol. The van der Waals surface area contributed by atoms with Crippen LogP contribution in [0.15, 0.2) is 42.5 Å². The summed E-state index contributed by atoms with van der Waals surface area (Å²) in [5.74, 6) is -0.216. The Morgan fingerprint density at radius 3 is 2.42 bits per heavy atom. The number of amides is 2. The van der Waals surface area contributed by atoms with Gasteiger partial charge >= 0.3 is 0 Å². The van der Waals surface area contributed by atoms with Gasteiger partial charge in [-0.3, -0.25) is 14.5 Å². The largest absolute Gasteiger partial charge is 0.300 e. The molecule has 124 valence electrons. The van der Waals surface area contributed by atoms with Gasteiger partial charge in [0.15, 0.2) is 0 Å². The standard InChI is InChI=1S/C18H16Cl2N2O2/c1-11-4-3-5-14(8-11)18(24)22-10-21(12(2)23)17(22)13-6-7-15(19)16(20)9-13/h3-9,17H,10H2,1-2H3.